The Morgan fingerprint density at radius 1 is 1.54 bits per heavy atom. The van der Waals surface area contributed by atoms with Gasteiger partial charge in [0.05, 0.1) is 6.10 Å². The minimum absolute atomic E-state index is 0.0927. The Balaban J connectivity index is 2.35. The largest absolute Gasteiger partial charge is 0.392 e. The molecule has 0 unspecified atom stereocenters. The van der Waals surface area contributed by atoms with Gasteiger partial charge in [0.15, 0.2) is 0 Å². The van der Waals surface area contributed by atoms with E-state index in [1.54, 1.807) is 0 Å². The van der Waals surface area contributed by atoms with Crippen LogP contribution in [0.5, 0.6) is 0 Å². The van der Waals surface area contributed by atoms with Gasteiger partial charge in [0.2, 0.25) is 0 Å². The van der Waals surface area contributed by atoms with Gasteiger partial charge in [-0.3, -0.25) is 0 Å². The van der Waals surface area contributed by atoms with Crippen molar-refractivity contribution in [3.63, 3.8) is 0 Å². The van der Waals surface area contributed by atoms with E-state index in [1.807, 2.05) is 0 Å². The van der Waals surface area contributed by atoms with Crippen LogP contribution >= 0.6 is 0 Å². The van der Waals surface area contributed by atoms with Crippen molar-refractivity contribution in [2.24, 2.45) is 17.3 Å². The zero-order valence-electron chi connectivity index (χ0n) is 8.88. The maximum atomic E-state index is 10.2. The molecule has 0 aromatic carbocycles. The molecule has 1 N–H and O–H groups in total. The van der Waals surface area contributed by atoms with Crippen LogP contribution in [0.4, 0.5) is 0 Å². The SMILES string of the molecule is CC1=CC[C@@H]2[C@H](C)CC[C@@]1(C)[C@H]2O. The summed E-state index contributed by atoms with van der Waals surface area (Å²) < 4.78 is 0. The molecule has 13 heavy (non-hydrogen) atoms. The van der Waals surface area contributed by atoms with Gasteiger partial charge in [-0.2, -0.15) is 0 Å². The summed E-state index contributed by atoms with van der Waals surface area (Å²) in [6, 6.07) is 0. The average molecular weight is 180 g/mol. The monoisotopic (exact) mass is 180 g/mol. The van der Waals surface area contributed by atoms with Crippen molar-refractivity contribution in [2.75, 3.05) is 0 Å². The summed E-state index contributed by atoms with van der Waals surface area (Å²) in [6.45, 7) is 6.68. The lowest BCUT2D eigenvalue weighted by Crippen LogP contribution is -2.48. The lowest BCUT2D eigenvalue weighted by molar-refractivity contribution is -0.0528. The summed E-state index contributed by atoms with van der Waals surface area (Å²) in [7, 11) is 0. The van der Waals surface area contributed by atoms with Crippen molar-refractivity contribution < 1.29 is 5.11 Å². The Morgan fingerprint density at radius 3 is 2.92 bits per heavy atom. The maximum absolute atomic E-state index is 10.2. The van der Waals surface area contributed by atoms with Crippen LogP contribution in [-0.2, 0) is 0 Å². The Hall–Kier alpha value is -0.300. The van der Waals surface area contributed by atoms with Crippen LogP contribution in [0.2, 0.25) is 0 Å². The van der Waals surface area contributed by atoms with Crippen molar-refractivity contribution in [3.8, 4) is 0 Å². The van der Waals surface area contributed by atoms with Crippen LogP contribution in [0.1, 0.15) is 40.0 Å². The fourth-order valence-corrected chi connectivity index (χ4v) is 3.01. The minimum Gasteiger partial charge on any atom is -0.392 e. The van der Waals surface area contributed by atoms with E-state index in [4.69, 9.17) is 0 Å². The average Bonchev–Trinajstić information content (AvgIpc) is 2.09. The lowest BCUT2D eigenvalue weighted by Gasteiger charge is -2.50. The van der Waals surface area contributed by atoms with Crippen LogP contribution in [0.25, 0.3) is 0 Å². The fourth-order valence-electron chi connectivity index (χ4n) is 3.01. The van der Waals surface area contributed by atoms with E-state index in [2.05, 4.69) is 26.8 Å². The molecule has 1 fully saturated rings. The number of rotatable bonds is 0. The first-order valence-corrected chi connectivity index (χ1v) is 5.41. The predicted octanol–water partition coefficient (Wildman–Crippen LogP) is 2.75. The van der Waals surface area contributed by atoms with Gasteiger partial charge in [0.1, 0.15) is 0 Å². The number of aliphatic hydroxyl groups excluding tert-OH is 1. The third-order valence-corrected chi connectivity index (χ3v) is 4.51. The summed E-state index contributed by atoms with van der Waals surface area (Å²) in [5.74, 6) is 1.22. The van der Waals surface area contributed by atoms with Gasteiger partial charge >= 0.3 is 0 Å². The van der Waals surface area contributed by atoms with Gasteiger partial charge in [-0.15, -0.1) is 0 Å². The lowest BCUT2D eigenvalue weighted by atomic mass is 9.58. The highest BCUT2D eigenvalue weighted by Crippen LogP contribution is 2.51. The van der Waals surface area contributed by atoms with Crippen molar-refractivity contribution in [1.82, 2.24) is 0 Å². The summed E-state index contributed by atoms with van der Waals surface area (Å²) in [5, 5.41) is 10.2. The zero-order chi connectivity index (χ0) is 9.64. The number of hydrogen-bond acceptors (Lipinski definition) is 1. The van der Waals surface area contributed by atoms with Gasteiger partial charge in [0, 0.05) is 5.41 Å². The Bertz CT molecular complexity index is 244. The third kappa shape index (κ3) is 1.17. The Morgan fingerprint density at radius 2 is 2.23 bits per heavy atom. The van der Waals surface area contributed by atoms with E-state index >= 15 is 0 Å². The quantitative estimate of drug-likeness (QED) is 0.568. The zero-order valence-corrected chi connectivity index (χ0v) is 8.88. The molecule has 1 heteroatoms. The summed E-state index contributed by atoms with van der Waals surface area (Å²) in [6.07, 6.45) is 5.77. The number of hydrogen-bond donors (Lipinski definition) is 1. The smallest absolute Gasteiger partial charge is 0.0664 e. The van der Waals surface area contributed by atoms with Crippen LogP contribution in [0.3, 0.4) is 0 Å². The molecule has 0 radical (unpaired) electrons. The number of allylic oxidation sites excluding steroid dienone is 1. The second kappa shape index (κ2) is 2.84. The molecule has 0 aliphatic heterocycles. The van der Waals surface area contributed by atoms with E-state index in [0.717, 1.165) is 12.8 Å². The Kier molecular flexibility index (Phi) is 2.03. The predicted molar refractivity (Wildman–Crippen MR) is 54.4 cm³/mol. The molecule has 0 aromatic rings. The van der Waals surface area contributed by atoms with Gasteiger partial charge in [-0.05, 0) is 38.0 Å². The molecule has 0 saturated heterocycles. The van der Waals surface area contributed by atoms with Crippen molar-refractivity contribution in [2.45, 2.75) is 46.1 Å². The van der Waals surface area contributed by atoms with Crippen molar-refractivity contribution in [1.29, 1.82) is 0 Å². The molecule has 2 bridgehead atoms. The van der Waals surface area contributed by atoms with Crippen LogP contribution in [-0.4, -0.2) is 11.2 Å². The van der Waals surface area contributed by atoms with Crippen LogP contribution in [0, 0.1) is 17.3 Å². The van der Waals surface area contributed by atoms with Gasteiger partial charge in [-0.25, -0.2) is 0 Å². The third-order valence-electron chi connectivity index (χ3n) is 4.51. The normalized spacial score (nSPS) is 50.2. The highest BCUT2D eigenvalue weighted by molar-refractivity contribution is 5.20. The highest BCUT2D eigenvalue weighted by Gasteiger charge is 2.46. The van der Waals surface area contributed by atoms with Crippen LogP contribution in [0.15, 0.2) is 11.6 Å². The van der Waals surface area contributed by atoms with E-state index in [9.17, 15) is 5.11 Å². The first-order chi connectivity index (χ1) is 6.05. The summed E-state index contributed by atoms with van der Waals surface area (Å²) >= 11 is 0. The molecule has 1 saturated carbocycles. The second-order valence-electron chi connectivity index (χ2n) is 5.16. The molecule has 2 rings (SSSR count). The van der Waals surface area contributed by atoms with Gasteiger partial charge in [-0.1, -0.05) is 25.5 Å². The van der Waals surface area contributed by atoms with Crippen molar-refractivity contribution in [3.05, 3.63) is 11.6 Å². The molecule has 4 atom stereocenters. The second-order valence-corrected chi connectivity index (χ2v) is 5.16. The van der Waals surface area contributed by atoms with Crippen molar-refractivity contribution >= 4 is 0 Å². The van der Waals surface area contributed by atoms with Gasteiger partial charge < -0.3 is 5.11 Å². The molecule has 0 aromatic heterocycles. The first-order valence-electron chi connectivity index (χ1n) is 5.41. The van der Waals surface area contributed by atoms with E-state index in [-0.39, 0.29) is 11.5 Å². The molecular formula is C12H20O. The maximum Gasteiger partial charge on any atom is 0.0664 e. The summed E-state index contributed by atoms with van der Waals surface area (Å²) in [4.78, 5) is 0. The molecule has 0 spiro atoms. The van der Waals surface area contributed by atoms with E-state index in [1.165, 1.54) is 12.0 Å². The number of fused-ring (bicyclic) bond motifs is 2. The van der Waals surface area contributed by atoms with E-state index in [0.29, 0.717) is 11.8 Å². The van der Waals surface area contributed by atoms with E-state index < -0.39 is 0 Å². The number of aliphatic hydroxyl groups is 1. The minimum atomic E-state index is -0.0961. The molecule has 1 nitrogen and oxygen atoms in total. The molecule has 2 aliphatic rings. The molecule has 0 heterocycles. The topological polar surface area (TPSA) is 20.2 Å². The summed E-state index contributed by atoms with van der Waals surface area (Å²) in [5.41, 5.74) is 1.50. The molecule has 2 aliphatic carbocycles. The molecular weight excluding hydrogens is 160 g/mol. The highest BCUT2D eigenvalue weighted by atomic mass is 16.3. The van der Waals surface area contributed by atoms with Crippen LogP contribution < -0.4 is 0 Å². The standard InChI is InChI=1S/C12H20O/c1-8-6-7-12(3)9(2)4-5-10(8)11(12)13/h4,8,10-11,13H,5-7H2,1-3H3/t8-,10-,11+,12-/m1/s1. The van der Waals surface area contributed by atoms with Gasteiger partial charge in [0.25, 0.3) is 0 Å². The first kappa shape index (κ1) is 9.26. The fraction of sp³-hybridized carbons (Fsp3) is 0.833. The molecule has 74 valence electrons. The molecule has 0 amide bonds. The Labute approximate surface area is 80.8 Å².